The molecule has 3 aromatic carbocycles. The van der Waals surface area contributed by atoms with Gasteiger partial charge in [0.15, 0.2) is 0 Å². The summed E-state index contributed by atoms with van der Waals surface area (Å²) in [6, 6.07) is 24.3. The molecule has 0 atom stereocenters. The minimum Gasteiger partial charge on any atom is -0.508 e. The van der Waals surface area contributed by atoms with Crippen molar-refractivity contribution in [2.75, 3.05) is 0 Å². The highest BCUT2D eigenvalue weighted by Crippen LogP contribution is 2.26. The second kappa shape index (κ2) is 10.3. The van der Waals surface area contributed by atoms with Crippen LogP contribution in [0.5, 0.6) is 5.75 Å². The molecule has 0 aromatic heterocycles. The van der Waals surface area contributed by atoms with E-state index in [1.807, 2.05) is 39.8 Å². The zero-order valence-corrected chi connectivity index (χ0v) is 15.4. The van der Waals surface area contributed by atoms with Gasteiger partial charge in [0.1, 0.15) is 5.75 Å². The average molecular weight is 320 g/mol. The topological polar surface area (TPSA) is 20.2 Å². The molecule has 0 bridgehead atoms. The van der Waals surface area contributed by atoms with Crippen molar-refractivity contribution in [3.63, 3.8) is 0 Å². The van der Waals surface area contributed by atoms with Crippen LogP contribution in [0.15, 0.2) is 72.8 Å². The summed E-state index contributed by atoms with van der Waals surface area (Å²) in [7, 11) is 0. The number of phenolic OH excluding ortho intramolecular Hbond substituents is 1. The maximum Gasteiger partial charge on any atom is 0.115 e. The molecular formula is C23H28O. The van der Waals surface area contributed by atoms with Crippen LogP contribution in [0.25, 0.3) is 22.3 Å². The number of aryl methyl sites for hydroxylation is 1. The maximum atomic E-state index is 9.32. The Balaban J connectivity index is 0.000000671. The van der Waals surface area contributed by atoms with E-state index in [0.29, 0.717) is 5.75 Å². The Morgan fingerprint density at radius 3 is 1.04 bits per heavy atom. The third-order valence-electron chi connectivity index (χ3n) is 3.47. The normalized spacial score (nSPS) is 9.21. The summed E-state index contributed by atoms with van der Waals surface area (Å²) in [6.45, 7) is 10.1. The minimum absolute atomic E-state index is 0.296. The van der Waals surface area contributed by atoms with Crippen LogP contribution in [-0.2, 0) is 0 Å². The van der Waals surface area contributed by atoms with Gasteiger partial charge in [-0.2, -0.15) is 0 Å². The van der Waals surface area contributed by atoms with Gasteiger partial charge in [0.2, 0.25) is 0 Å². The number of aromatic hydroxyl groups is 1. The van der Waals surface area contributed by atoms with E-state index in [1.165, 1.54) is 16.7 Å². The predicted octanol–water partition coefficient (Wildman–Crippen LogP) is 7.09. The summed E-state index contributed by atoms with van der Waals surface area (Å²) in [5, 5.41) is 9.32. The van der Waals surface area contributed by atoms with Gasteiger partial charge in [-0.05, 0) is 41.3 Å². The van der Waals surface area contributed by atoms with Gasteiger partial charge in [-0.15, -0.1) is 0 Å². The lowest BCUT2D eigenvalue weighted by Crippen LogP contribution is -1.81. The molecule has 0 spiro atoms. The molecule has 1 nitrogen and oxygen atoms in total. The van der Waals surface area contributed by atoms with Gasteiger partial charge < -0.3 is 5.11 Å². The fourth-order valence-electron chi connectivity index (χ4n) is 2.26. The summed E-state index contributed by atoms with van der Waals surface area (Å²) in [5.41, 5.74) is 5.98. The van der Waals surface area contributed by atoms with Crippen molar-refractivity contribution in [1.82, 2.24) is 0 Å². The van der Waals surface area contributed by atoms with E-state index in [4.69, 9.17) is 0 Å². The molecule has 0 aliphatic heterocycles. The summed E-state index contributed by atoms with van der Waals surface area (Å²) in [4.78, 5) is 0. The lowest BCUT2D eigenvalue weighted by molar-refractivity contribution is 0.475. The Labute approximate surface area is 146 Å². The molecule has 0 amide bonds. The molecule has 0 unspecified atom stereocenters. The van der Waals surface area contributed by atoms with Crippen molar-refractivity contribution in [2.45, 2.75) is 34.6 Å². The largest absolute Gasteiger partial charge is 0.508 e. The summed E-state index contributed by atoms with van der Waals surface area (Å²) in [6.07, 6.45) is 0. The Kier molecular flexibility index (Phi) is 8.35. The second-order valence-corrected chi connectivity index (χ2v) is 4.99. The molecule has 1 heteroatoms. The average Bonchev–Trinajstić information content (AvgIpc) is 2.66. The number of rotatable bonds is 2. The lowest BCUT2D eigenvalue weighted by atomic mass is 10.00. The van der Waals surface area contributed by atoms with Crippen LogP contribution in [0, 0.1) is 6.92 Å². The third-order valence-corrected chi connectivity index (χ3v) is 3.47. The lowest BCUT2D eigenvalue weighted by Gasteiger charge is -2.05. The Morgan fingerprint density at radius 1 is 0.458 bits per heavy atom. The van der Waals surface area contributed by atoms with E-state index in [2.05, 4.69) is 55.5 Å². The number of hydrogen-bond acceptors (Lipinski definition) is 1. The van der Waals surface area contributed by atoms with E-state index in [-0.39, 0.29) is 0 Å². The van der Waals surface area contributed by atoms with E-state index in [1.54, 1.807) is 12.1 Å². The smallest absolute Gasteiger partial charge is 0.115 e. The van der Waals surface area contributed by atoms with Gasteiger partial charge in [-0.3, -0.25) is 0 Å². The second-order valence-electron chi connectivity index (χ2n) is 4.99. The van der Waals surface area contributed by atoms with Gasteiger partial charge in [0.05, 0.1) is 0 Å². The highest BCUT2D eigenvalue weighted by molar-refractivity contribution is 5.70. The SMILES string of the molecule is CC.CC.Cc1ccc(-c2ccc(-c3ccc(O)cc3)cc2)cc1. The highest BCUT2D eigenvalue weighted by atomic mass is 16.3. The Bertz CT molecular complexity index is 628. The molecule has 3 rings (SSSR count). The standard InChI is InChI=1S/C19H16O.2C2H6/c1-14-2-4-15(5-3-14)16-6-8-17(9-7-16)18-10-12-19(20)13-11-18;2*1-2/h2-13,20H,1H3;2*1-2H3. The highest BCUT2D eigenvalue weighted by Gasteiger charge is 2.00. The summed E-state index contributed by atoms with van der Waals surface area (Å²) < 4.78 is 0. The van der Waals surface area contributed by atoms with Crippen molar-refractivity contribution < 1.29 is 5.11 Å². The molecule has 126 valence electrons. The van der Waals surface area contributed by atoms with Crippen LogP contribution >= 0.6 is 0 Å². The molecule has 0 fully saturated rings. The monoisotopic (exact) mass is 320 g/mol. The molecule has 0 saturated carbocycles. The molecule has 0 radical (unpaired) electrons. The Morgan fingerprint density at radius 2 is 0.708 bits per heavy atom. The summed E-state index contributed by atoms with van der Waals surface area (Å²) in [5.74, 6) is 0.296. The van der Waals surface area contributed by atoms with Crippen molar-refractivity contribution in [2.24, 2.45) is 0 Å². The summed E-state index contributed by atoms with van der Waals surface area (Å²) >= 11 is 0. The van der Waals surface area contributed by atoms with Crippen LogP contribution in [0.1, 0.15) is 33.3 Å². The number of benzene rings is 3. The predicted molar refractivity (Wildman–Crippen MR) is 106 cm³/mol. The first-order valence-corrected chi connectivity index (χ1v) is 8.69. The van der Waals surface area contributed by atoms with Crippen LogP contribution in [-0.4, -0.2) is 5.11 Å². The van der Waals surface area contributed by atoms with Crippen LogP contribution < -0.4 is 0 Å². The fraction of sp³-hybridized carbons (Fsp3) is 0.217. The zero-order chi connectivity index (χ0) is 17.9. The fourth-order valence-corrected chi connectivity index (χ4v) is 2.26. The van der Waals surface area contributed by atoms with Crippen LogP contribution in [0.2, 0.25) is 0 Å². The van der Waals surface area contributed by atoms with Gasteiger partial charge in [-0.25, -0.2) is 0 Å². The molecule has 0 saturated heterocycles. The molecular weight excluding hydrogens is 292 g/mol. The quantitative estimate of drug-likeness (QED) is 0.534. The van der Waals surface area contributed by atoms with Gasteiger partial charge in [0, 0.05) is 0 Å². The number of phenols is 1. The third kappa shape index (κ3) is 5.27. The minimum atomic E-state index is 0.296. The maximum absolute atomic E-state index is 9.32. The van der Waals surface area contributed by atoms with Gasteiger partial charge in [0.25, 0.3) is 0 Å². The molecule has 0 aliphatic carbocycles. The van der Waals surface area contributed by atoms with Gasteiger partial charge in [-0.1, -0.05) is 93.9 Å². The molecule has 3 aromatic rings. The first-order chi connectivity index (χ1) is 11.7. The van der Waals surface area contributed by atoms with E-state index >= 15 is 0 Å². The number of hydrogen-bond donors (Lipinski definition) is 1. The Hall–Kier alpha value is -2.54. The van der Waals surface area contributed by atoms with Crippen LogP contribution in [0.4, 0.5) is 0 Å². The van der Waals surface area contributed by atoms with Crippen molar-refractivity contribution in [1.29, 1.82) is 0 Å². The first-order valence-electron chi connectivity index (χ1n) is 8.69. The van der Waals surface area contributed by atoms with Crippen LogP contribution in [0.3, 0.4) is 0 Å². The molecule has 24 heavy (non-hydrogen) atoms. The van der Waals surface area contributed by atoms with Crippen molar-refractivity contribution in [3.05, 3.63) is 78.4 Å². The van der Waals surface area contributed by atoms with Gasteiger partial charge >= 0.3 is 0 Å². The van der Waals surface area contributed by atoms with Crippen molar-refractivity contribution >= 4 is 0 Å². The van der Waals surface area contributed by atoms with E-state index < -0.39 is 0 Å². The van der Waals surface area contributed by atoms with Crippen molar-refractivity contribution in [3.8, 4) is 28.0 Å². The van der Waals surface area contributed by atoms with E-state index in [0.717, 1.165) is 11.1 Å². The molecule has 0 aliphatic rings. The first kappa shape index (κ1) is 19.5. The zero-order valence-electron chi connectivity index (χ0n) is 15.4. The van der Waals surface area contributed by atoms with E-state index in [9.17, 15) is 5.11 Å². The molecule has 1 N–H and O–H groups in total. The molecule has 0 heterocycles.